The van der Waals surface area contributed by atoms with Crippen molar-refractivity contribution >= 4 is 0 Å². The number of rotatable bonds is 3. The van der Waals surface area contributed by atoms with E-state index < -0.39 is 0 Å². The van der Waals surface area contributed by atoms with Crippen molar-refractivity contribution in [3.63, 3.8) is 0 Å². The number of phenols is 1. The first-order chi connectivity index (χ1) is 6.24. The Bertz CT molecular complexity index is 294. The number of aryl methyl sites for hydroxylation is 1. The molecule has 0 radical (unpaired) electrons. The summed E-state index contributed by atoms with van der Waals surface area (Å²) in [6, 6.07) is 3.62. The molecule has 0 saturated carbocycles. The molecule has 3 heteroatoms. The van der Waals surface area contributed by atoms with Gasteiger partial charge in [0.15, 0.2) is 11.5 Å². The van der Waals surface area contributed by atoms with Gasteiger partial charge < -0.3 is 14.6 Å². The lowest BCUT2D eigenvalue weighted by Crippen LogP contribution is -1.93. The maximum Gasteiger partial charge on any atom is 0.203 e. The second-order valence-electron chi connectivity index (χ2n) is 2.66. The van der Waals surface area contributed by atoms with E-state index in [0.29, 0.717) is 11.5 Å². The highest BCUT2D eigenvalue weighted by atomic mass is 16.5. The molecule has 0 spiro atoms. The van der Waals surface area contributed by atoms with Crippen molar-refractivity contribution in [2.45, 2.75) is 13.3 Å². The molecule has 0 unspecified atom stereocenters. The first kappa shape index (κ1) is 9.71. The van der Waals surface area contributed by atoms with Crippen LogP contribution in [0.25, 0.3) is 0 Å². The van der Waals surface area contributed by atoms with Gasteiger partial charge in [-0.3, -0.25) is 0 Å². The zero-order chi connectivity index (χ0) is 9.84. The van der Waals surface area contributed by atoms with Crippen LogP contribution in [0.2, 0.25) is 0 Å². The van der Waals surface area contributed by atoms with Crippen molar-refractivity contribution in [2.75, 3.05) is 14.2 Å². The molecule has 0 atom stereocenters. The molecule has 13 heavy (non-hydrogen) atoms. The summed E-state index contributed by atoms with van der Waals surface area (Å²) in [5, 5.41) is 9.70. The maximum atomic E-state index is 9.70. The minimum Gasteiger partial charge on any atom is -0.504 e. The second-order valence-corrected chi connectivity index (χ2v) is 2.66. The quantitative estimate of drug-likeness (QED) is 0.776. The fourth-order valence-electron chi connectivity index (χ4n) is 1.24. The second kappa shape index (κ2) is 4.03. The zero-order valence-corrected chi connectivity index (χ0v) is 8.13. The average Bonchev–Trinajstić information content (AvgIpc) is 2.17. The van der Waals surface area contributed by atoms with E-state index in [9.17, 15) is 5.11 Å². The Balaban J connectivity index is 3.23. The fraction of sp³-hybridized carbons (Fsp3) is 0.400. The molecule has 0 aliphatic rings. The van der Waals surface area contributed by atoms with E-state index in [4.69, 9.17) is 9.47 Å². The Labute approximate surface area is 77.9 Å². The predicted molar refractivity (Wildman–Crippen MR) is 50.6 cm³/mol. The van der Waals surface area contributed by atoms with Crippen molar-refractivity contribution in [2.24, 2.45) is 0 Å². The largest absolute Gasteiger partial charge is 0.504 e. The molecule has 1 rings (SSSR count). The summed E-state index contributed by atoms with van der Waals surface area (Å²) < 4.78 is 10.1. The first-order valence-corrected chi connectivity index (χ1v) is 4.17. The smallest absolute Gasteiger partial charge is 0.203 e. The van der Waals surface area contributed by atoms with Crippen LogP contribution in [0.5, 0.6) is 17.2 Å². The Morgan fingerprint density at radius 3 is 2.38 bits per heavy atom. The standard InChI is InChI=1S/C10H14O3/c1-4-7-5-6-8(12-2)10(13-3)9(7)11/h5-6,11H,4H2,1-3H3. The third-order valence-electron chi connectivity index (χ3n) is 1.98. The van der Waals surface area contributed by atoms with E-state index in [0.717, 1.165) is 12.0 Å². The van der Waals surface area contributed by atoms with Crippen molar-refractivity contribution < 1.29 is 14.6 Å². The van der Waals surface area contributed by atoms with Crippen molar-refractivity contribution in [3.8, 4) is 17.2 Å². The van der Waals surface area contributed by atoms with Crippen LogP contribution in [0.15, 0.2) is 12.1 Å². The van der Waals surface area contributed by atoms with Crippen LogP contribution in [0, 0.1) is 0 Å². The molecule has 72 valence electrons. The predicted octanol–water partition coefficient (Wildman–Crippen LogP) is 1.97. The van der Waals surface area contributed by atoms with Gasteiger partial charge in [-0.25, -0.2) is 0 Å². The first-order valence-electron chi connectivity index (χ1n) is 4.17. The third-order valence-corrected chi connectivity index (χ3v) is 1.98. The summed E-state index contributed by atoms with van der Waals surface area (Å²) in [5.41, 5.74) is 0.859. The van der Waals surface area contributed by atoms with Gasteiger partial charge in [-0.1, -0.05) is 13.0 Å². The van der Waals surface area contributed by atoms with Crippen molar-refractivity contribution in [1.82, 2.24) is 0 Å². The molecule has 3 nitrogen and oxygen atoms in total. The molecule has 0 aliphatic carbocycles. The Morgan fingerprint density at radius 2 is 1.92 bits per heavy atom. The van der Waals surface area contributed by atoms with Gasteiger partial charge in [0.1, 0.15) is 0 Å². The minimum absolute atomic E-state index is 0.171. The average molecular weight is 182 g/mol. The number of ether oxygens (including phenoxy) is 2. The maximum absolute atomic E-state index is 9.70. The van der Waals surface area contributed by atoms with E-state index in [1.165, 1.54) is 7.11 Å². The molecule has 0 fully saturated rings. The number of aromatic hydroxyl groups is 1. The monoisotopic (exact) mass is 182 g/mol. The van der Waals surface area contributed by atoms with E-state index in [2.05, 4.69) is 0 Å². The lowest BCUT2D eigenvalue weighted by Gasteiger charge is -2.11. The summed E-state index contributed by atoms with van der Waals surface area (Å²) in [4.78, 5) is 0. The van der Waals surface area contributed by atoms with Crippen molar-refractivity contribution in [3.05, 3.63) is 17.7 Å². The Morgan fingerprint density at radius 1 is 1.23 bits per heavy atom. The van der Waals surface area contributed by atoms with Gasteiger partial charge in [0.05, 0.1) is 14.2 Å². The van der Waals surface area contributed by atoms with E-state index in [1.807, 2.05) is 13.0 Å². The molecule has 1 N–H and O–H groups in total. The zero-order valence-electron chi connectivity index (χ0n) is 8.13. The van der Waals surface area contributed by atoms with Gasteiger partial charge in [-0.2, -0.15) is 0 Å². The highest BCUT2D eigenvalue weighted by Crippen LogP contribution is 2.38. The summed E-state index contributed by atoms with van der Waals surface area (Å²) in [6.07, 6.45) is 0.770. The number of benzene rings is 1. The summed E-state index contributed by atoms with van der Waals surface area (Å²) in [6.45, 7) is 1.97. The molecular formula is C10H14O3. The molecule has 0 bridgehead atoms. The van der Waals surface area contributed by atoms with Gasteiger partial charge in [0, 0.05) is 0 Å². The number of hydrogen-bond donors (Lipinski definition) is 1. The molecule has 1 aromatic carbocycles. The molecular weight excluding hydrogens is 168 g/mol. The Hall–Kier alpha value is -1.38. The number of hydrogen-bond acceptors (Lipinski definition) is 3. The van der Waals surface area contributed by atoms with Crippen LogP contribution in [-0.4, -0.2) is 19.3 Å². The summed E-state index contributed by atoms with van der Waals surface area (Å²) >= 11 is 0. The lowest BCUT2D eigenvalue weighted by molar-refractivity contribution is 0.331. The molecule has 1 aromatic rings. The van der Waals surface area contributed by atoms with Gasteiger partial charge in [-0.05, 0) is 18.1 Å². The number of methoxy groups -OCH3 is 2. The van der Waals surface area contributed by atoms with Gasteiger partial charge in [-0.15, -0.1) is 0 Å². The van der Waals surface area contributed by atoms with E-state index in [1.54, 1.807) is 13.2 Å². The molecule has 0 saturated heterocycles. The molecule has 0 aromatic heterocycles. The van der Waals surface area contributed by atoms with Crippen LogP contribution in [-0.2, 0) is 6.42 Å². The Kier molecular flexibility index (Phi) is 3.01. The third kappa shape index (κ3) is 1.69. The summed E-state index contributed by atoms with van der Waals surface area (Å²) in [7, 11) is 3.06. The van der Waals surface area contributed by atoms with Crippen LogP contribution in [0.1, 0.15) is 12.5 Å². The molecule has 0 heterocycles. The van der Waals surface area contributed by atoms with Crippen LogP contribution in [0.4, 0.5) is 0 Å². The van der Waals surface area contributed by atoms with Gasteiger partial charge >= 0.3 is 0 Å². The molecule has 0 amide bonds. The summed E-state index contributed by atoms with van der Waals surface area (Å²) in [5.74, 6) is 1.13. The SMILES string of the molecule is CCc1ccc(OC)c(OC)c1O. The minimum atomic E-state index is 0.171. The van der Waals surface area contributed by atoms with Gasteiger partial charge in [0.25, 0.3) is 0 Å². The van der Waals surface area contributed by atoms with Gasteiger partial charge in [0.2, 0.25) is 5.75 Å². The topological polar surface area (TPSA) is 38.7 Å². The lowest BCUT2D eigenvalue weighted by atomic mass is 10.1. The normalized spacial score (nSPS) is 9.77. The molecule has 0 aliphatic heterocycles. The highest BCUT2D eigenvalue weighted by Gasteiger charge is 2.11. The van der Waals surface area contributed by atoms with E-state index in [-0.39, 0.29) is 5.75 Å². The van der Waals surface area contributed by atoms with Crippen LogP contribution >= 0.6 is 0 Å². The van der Waals surface area contributed by atoms with Crippen LogP contribution in [0.3, 0.4) is 0 Å². The van der Waals surface area contributed by atoms with Crippen molar-refractivity contribution in [1.29, 1.82) is 0 Å². The fourth-order valence-corrected chi connectivity index (χ4v) is 1.24. The number of phenolic OH excluding ortho intramolecular Hbond substituents is 1. The highest BCUT2D eigenvalue weighted by molar-refractivity contribution is 5.54. The van der Waals surface area contributed by atoms with Crippen LogP contribution < -0.4 is 9.47 Å². The van der Waals surface area contributed by atoms with E-state index >= 15 is 0 Å².